The number of hydrogen-bond donors (Lipinski definition) is 2. The van der Waals surface area contributed by atoms with Gasteiger partial charge in [-0.15, -0.1) is 0 Å². The number of nitrogens with one attached hydrogen (secondary N) is 1. The molecule has 3 rings (SSSR count). The first kappa shape index (κ1) is 16.3. The van der Waals surface area contributed by atoms with Gasteiger partial charge in [0, 0.05) is 16.5 Å². The van der Waals surface area contributed by atoms with Crippen molar-refractivity contribution in [3.63, 3.8) is 0 Å². The van der Waals surface area contributed by atoms with E-state index in [0.29, 0.717) is 0 Å². The highest BCUT2D eigenvalue weighted by Gasteiger charge is 2.20. The van der Waals surface area contributed by atoms with Crippen LogP contribution in [0.1, 0.15) is 37.5 Å². The lowest BCUT2D eigenvalue weighted by atomic mass is 9.86. The lowest BCUT2D eigenvalue weighted by Gasteiger charge is -2.19. The van der Waals surface area contributed by atoms with E-state index in [2.05, 4.69) is 44.0 Å². The SMILES string of the molecule is Cc1ccccc1-c1[nH]c2ccc(C(C)(C)C)cc2c1CC(=O)O. The fraction of sp³-hybridized carbons (Fsp3) is 0.286. The fourth-order valence-corrected chi connectivity index (χ4v) is 3.13. The van der Waals surface area contributed by atoms with Gasteiger partial charge < -0.3 is 10.1 Å². The summed E-state index contributed by atoms with van der Waals surface area (Å²) in [7, 11) is 0. The van der Waals surface area contributed by atoms with Crippen molar-refractivity contribution in [1.82, 2.24) is 4.98 Å². The zero-order chi connectivity index (χ0) is 17.5. The lowest BCUT2D eigenvalue weighted by molar-refractivity contribution is -0.136. The molecule has 0 amide bonds. The largest absolute Gasteiger partial charge is 0.481 e. The third kappa shape index (κ3) is 2.94. The highest BCUT2D eigenvalue weighted by molar-refractivity contribution is 5.94. The molecule has 0 aliphatic carbocycles. The number of benzene rings is 2. The predicted molar refractivity (Wildman–Crippen MR) is 98.5 cm³/mol. The Hall–Kier alpha value is -2.55. The molecule has 0 fully saturated rings. The molecule has 0 bridgehead atoms. The second-order valence-corrected chi connectivity index (χ2v) is 7.37. The summed E-state index contributed by atoms with van der Waals surface area (Å²) in [5.41, 5.74) is 6.17. The topological polar surface area (TPSA) is 53.1 Å². The van der Waals surface area contributed by atoms with Crippen LogP contribution in [0.4, 0.5) is 0 Å². The van der Waals surface area contributed by atoms with Crippen LogP contribution in [0.3, 0.4) is 0 Å². The van der Waals surface area contributed by atoms with E-state index < -0.39 is 5.97 Å². The fourth-order valence-electron chi connectivity index (χ4n) is 3.13. The number of H-pyrrole nitrogens is 1. The molecule has 124 valence electrons. The average Bonchev–Trinajstić information content (AvgIpc) is 2.84. The minimum Gasteiger partial charge on any atom is -0.481 e. The van der Waals surface area contributed by atoms with Crippen molar-refractivity contribution in [3.05, 3.63) is 59.2 Å². The summed E-state index contributed by atoms with van der Waals surface area (Å²) in [6, 6.07) is 14.4. The molecule has 2 N–H and O–H groups in total. The van der Waals surface area contributed by atoms with Crippen molar-refractivity contribution in [2.45, 2.75) is 39.5 Å². The zero-order valence-corrected chi connectivity index (χ0v) is 14.6. The number of hydrogen-bond acceptors (Lipinski definition) is 1. The van der Waals surface area contributed by atoms with Gasteiger partial charge >= 0.3 is 5.97 Å². The molecule has 0 unspecified atom stereocenters. The van der Waals surface area contributed by atoms with E-state index >= 15 is 0 Å². The minimum atomic E-state index is -0.813. The highest BCUT2D eigenvalue weighted by Crippen LogP contribution is 2.35. The van der Waals surface area contributed by atoms with Crippen molar-refractivity contribution in [2.75, 3.05) is 0 Å². The second kappa shape index (κ2) is 5.82. The third-order valence-electron chi connectivity index (χ3n) is 4.51. The summed E-state index contributed by atoms with van der Waals surface area (Å²) in [4.78, 5) is 14.9. The number of carbonyl (C=O) groups is 1. The molecule has 3 heteroatoms. The number of carboxylic acid groups (broad SMARTS) is 1. The Kier molecular flexibility index (Phi) is 3.96. The Morgan fingerprint density at radius 3 is 2.46 bits per heavy atom. The molecular weight excluding hydrogens is 298 g/mol. The van der Waals surface area contributed by atoms with Gasteiger partial charge in [-0.1, -0.05) is 51.1 Å². The Balaban J connectivity index is 2.30. The zero-order valence-electron chi connectivity index (χ0n) is 14.6. The minimum absolute atomic E-state index is 0.0112. The smallest absolute Gasteiger partial charge is 0.307 e. The van der Waals surface area contributed by atoms with Gasteiger partial charge in [0.1, 0.15) is 0 Å². The van der Waals surface area contributed by atoms with Gasteiger partial charge in [-0.3, -0.25) is 4.79 Å². The number of aromatic amines is 1. The van der Waals surface area contributed by atoms with Gasteiger partial charge in [0.2, 0.25) is 0 Å². The number of aromatic nitrogens is 1. The molecule has 0 aliphatic heterocycles. The average molecular weight is 321 g/mol. The van der Waals surface area contributed by atoms with Crippen molar-refractivity contribution in [3.8, 4) is 11.3 Å². The van der Waals surface area contributed by atoms with E-state index in [1.165, 1.54) is 5.56 Å². The van der Waals surface area contributed by atoms with Crippen LogP contribution < -0.4 is 0 Å². The first-order valence-electron chi connectivity index (χ1n) is 8.20. The van der Waals surface area contributed by atoms with Gasteiger partial charge in [0.05, 0.1) is 12.1 Å². The standard InChI is InChI=1S/C21H23NO2/c1-13-7-5-6-8-15(13)20-17(12-19(23)24)16-11-14(21(2,3)4)9-10-18(16)22-20/h5-11,22H,12H2,1-4H3,(H,23,24). The second-order valence-electron chi connectivity index (χ2n) is 7.37. The molecule has 0 aliphatic rings. The molecule has 1 aromatic heterocycles. The van der Waals surface area contributed by atoms with Gasteiger partial charge in [0.15, 0.2) is 0 Å². The van der Waals surface area contributed by atoms with Gasteiger partial charge in [0.25, 0.3) is 0 Å². The monoisotopic (exact) mass is 321 g/mol. The molecule has 24 heavy (non-hydrogen) atoms. The van der Waals surface area contributed by atoms with Crippen LogP contribution in [0.2, 0.25) is 0 Å². The highest BCUT2D eigenvalue weighted by atomic mass is 16.4. The number of aliphatic carboxylic acids is 1. The van der Waals surface area contributed by atoms with Crippen molar-refractivity contribution >= 4 is 16.9 Å². The molecule has 2 aromatic carbocycles. The molecule has 0 radical (unpaired) electrons. The van der Waals surface area contributed by atoms with E-state index in [-0.39, 0.29) is 11.8 Å². The van der Waals surface area contributed by atoms with Crippen LogP contribution in [0.5, 0.6) is 0 Å². The molecule has 0 saturated heterocycles. The van der Waals surface area contributed by atoms with Crippen LogP contribution in [0.15, 0.2) is 42.5 Å². The summed E-state index contributed by atoms with van der Waals surface area (Å²) in [5, 5.41) is 10.4. The number of rotatable bonds is 3. The number of fused-ring (bicyclic) bond motifs is 1. The maximum atomic E-state index is 11.4. The van der Waals surface area contributed by atoms with Crippen LogP contribution >= 0.6 is 0 Å². The van der Waals surface area contributed by atoms with Crippen LogP contribution in [-0.4, -0.2) is 16.1 Å². The van der Waals surface area contributed by atoms with E-state index in [9.17, 15) is 9.90 Å². The van der Waals surface area contributed by atoms with Crippen molar-refractivity contribution in [2.24, 2.45) is 0 Å². The Labute approximate surface area is 142 Å². The molecule has 0 atom stereocenters. The Morgan fingerprint density at radius 2 is 1.83 bits per heavy atom. The van der Waals surface area contributed by atoms with Crippen LogP contribution in [0.25, 0.3) is 22.2 Å². The number of carboxylic acids is 1. The molecule has 1 heterocycles. The molecule has 3 nitrogen and oxygen atoms in total. The summed E-state index contributed by atoms with van der Waals surface area (Å²) < 4.78 is 0. The van der Waals surface area contributed by atoms with Crippen LogP contribution in [0, 0.1) is 6.92 Å². The summed E-state index contributed by atoms with van der Waals surface area (Å²) >= 11 is 0. The Bertz CT molecular complexity index is 913. The quantitative estimate of drug-likeness (QED) is 0.708. The van der Waals surface area contributed by atoms with Gasteiger partial charge in [-0.05, 0) is 41.2 Å². The number of aryl methyl sites for hydroxylation is 1. The van der Waals surface area contributed by atoms with Crippen LogP contribution in [-0.2, 0) is 16.6 Å². The molecule has 3 aromatic rings. The Morgan fingerprint density at radius 1 is 1.12 bits per heavy atom. The van der Waals surface area contributed by atoms with E-state index in [4.69, 9.17) is 0 Å². The van der Waals surface area contributed by atoms with Gasteiger partial charge in [-0.2, -0.15) is 0 Å². The lowest BCUT2D eigenvalue weighted by Crippen LogP contribution is -2.10. The first-order valence-corrected chi connectivity index (χ1v) is 8.20. The molecular formula is C21H23NO2. The third-order valence-corrected chi connectivity index (χ3v) is 4.51. The maximum Gasteiger partial charge on any atom is 0.307 e. The van der Waals surface area contributed by atoms with E-state index in [1.54, 1.807) is 0 Å². The van der Waals surface area contributed by atoms with E-state index in [0.717, 1.165) is 33.3 Å². The molecule has 0 saturated carbocycles. The summed E-state index contributed by atoms with van der Waals surface area (Å²) in [6.07, 6.45) is 0.0112. The molecule has 0 spiro atoms. The normalized spacial score (nSPS) is 11.8. The van der Waals surface area contributed by atoms with Gasteiger partial charge in [-0.25, -0.2) is 0 Å². The van der Waals surface area contributed by atoms with E-state index in [1.807, 2.05) is 31.2 Å². The first-order chi connectivity index (χ1) is 11.3. The predicted octanol–water partition coefficient (Wildman–Crippen LogP) is 5.07. The maximum absolute atomic E-state index is 11.4. The summed E-state index contributed by atoms with van der Waals surface area (Å²) in [5.74, 6) is -0.813. The van der Waals surface area contributed by atoms with Crippen molar-refractivity contribution in [1.29, 1.82) is 0 Å². The van der Waals surface area contributed by atoms with Crippen molar-refractivity contribution < 1.29 is 9.90 Å². The summed E-state index contributed by atoms with van der Waals surface area (Å²) in [6.45, 7) is 8.55.